The largest absolute Gasteiger partial charge is 0.352 e. The minimum atomic E-state index is -0.585. The SMILES string of the molecule is C=C1CCC(n2c(C)nc3ccc(CNC(=O)C4CC4)cc3c2=O)C(=O)N1. The van der Waals surface area contributed by atoms with Gasteiger partial charge in [0.15, 0.2) is 0 Å². The standard InChI is InChI=1S/C20H22N4O3/c1-11-3-8-17(19(26)22-11)24-12(2)23-16-7-4-13(9-15(16)20(24)27)10-21-18(25)14-5-6-14/h4,7,9,14,17H,1,3,5-6,8,10H2,2H3,(H,21,25)(H,22,26). The predicted molar refractivity (Wildman–Crippen MR) is 101 cm³/mol. The Hall–Kier alpha value is -2.96. The van der Waals surface area contributed by atoms with Crippen molar-refractivity contribution in [1.82, 2.24) is 20.2 Å². The fourth-order valence-corrected chi connectivity index (χ4v) is 3.52. The molecule has 0 spiro atoms. The van der Waals surface area contributed by atoms with Crippen molar-refractivity contribution >= 4 is 22.7 Å². The molecule has 7 heteroatoms. The summed E-state index contributed by atoms with van der Waals surface area (Å²) in [6.45, 7) is 5.90. The fourth-order valence-electron chi connectivity index (χ4n) is 3.52. The third-order valence-corrected chi connectivity index (χ3v) is 5.19. The molecule has 140 valence electrons. The van der Waals surface area contributed by atoms with E-state index in [4.69, 9.17) is 0 Å². The van der Waals surface area contributed by atoms with E-state index in [0.29, 0.717) is 41.8 Å². The first-order valence-electron chi connectivity index (χ1n) is 9.22. The van der Waals surface area contributed by atoms with Crippen molar-refractivity contribution in [2.24, 2.45) is 5.92 Å². The summed E-state index contributed by atoms with van der Waals surface area (Å²) < 4.78 is 1.47. The van der Waals surface area contributed by atoms with Gasteiger partial charge in [-0.15, -0.1) is 0 Å². The Balaban J connectivity index is 1.68. The van der Waals surface area contributed by atoms with Gasteiger partial charge in [-0.2, -0.15) is 0 Å². The molecule has 2 aromatic rings. The minimum absolute atomic E-state index is 0.0636. The van der Waals surface area contributed by atoms with E-state index in [2.05, 4.69) is 22.2 Å². The molecule has 1 saturated carbocycles. The van der Waals surface area contributed by atoms with E-state index < -0.39 is 6.04 Å². The molecule has 2 heterocycles. The van der Waals surface area contributed by atoms with Gasteiger partial charge in [-0.3, -0.25) is 19.0 Å². The number of fused-ring (bicyclic) bond motifs is 1. The number of aryl methyl sites for hydroxylation is 1. The van der Waals surface area contributed by atoms with Crippen LogP contribution in [0.4, 0.5) is 0 Å². The predicted octanol–water partition coefficient (Wildman–Crippen LogP) is 1.70. The van der Waals surface area contributed by atoms with E-state index in [0.717, 1.165) is 18.4 Å². The topological polar surface area (TPSA) is 93.1 Å². The summed E-state index contributed by atoms with van der Waals surface area (Å²) in [5.74, 6) is 0.487. The monoisotopic (exact) mass is 366 g/mol. The number of carbonyl (C=O) groups is 2. The number of benzene rings is 1. The van der Waals surface area contributed by atoms with E-state index in [-0.39, 0.29) is 23.3 Å². The molecule has 1 unspecified atom stereocenters. The van der Waals surface area contributed by atoms with Crippen molar-refractivity contribution in [3.63, 3.8) is 0 Å². The van der Waals surface area contributed by atoms with Gasteiger partial charge in [0.2, 0.25) is 11.8 Å². The lowest BCUT2D eigenvalue weighted by molar-refractivity contribution is -0.125. The molecule has 1 aliphatic heterocycles. The molecule has 1 aliphatic carbocycles. The normalized spacial score (nSPS) is 19.8. The number of piperidine rings is 1. The van der Waals surface area contributed by atoms with Crippen LogP contribution < -0.4 is 16.2 Å². The van der Waals surface area contributed by atoms with Crippen LogP contribution in [0, 0.1) is 12.8 Å². The molecule has 2 amide bonds. The van der Waals surface area contributed by atoms with Gasteiger partial charge in [-0.05, 0) is 50.3 Å². The Morgan fingerprint density at radius 2 is 2.11 bits per heavy atom. The molecule has 27 heavy (non-hydrogen) atoms. The third kappa shape index (κ3) is 3.37. The Labute approximate surface area is 156 Å². The summed E-state index contributed by atoms with van der Waals surface area (Å²) in [5.41, 5.74) is 1.86. The van der Waals surface area contributed by atoms with Crippen LogP contribution in [0.5, 0.6) is 0 Å². The van der Waals surface area contributed by atoms with Gasteiger partial charge in [0.25, 0.3) is 5.56 Å². The van der Waals surface area contributed by atoms with Crippen LogP contribution in [0.1, 0.15) is 43.1 Å². The van der Waals surface area contributed by atoms with Crippen LogP contribution in [0.15, 0.2) is 35.3 Å². The molecule has 2 N–H and O–H groups in total. The summed E-state index contributed by atoms with van der Waals surface area (Å²) in [5, 5.41) is 6.08. The lowest BCUT2D eigenvalue weighted by Gasteiger charge is -2.26. The zero-order valence-corrected chi connectivity index (χ0v) is 15.2. The molecule has 2 aliphatic rings. The maximum atomic E-state index is 13.1. The highest BCUT2D eigenvalue weighted by Crippen LogP contribution is 2.29. The van der Waals surface area contributed by atoms with Gasteiger partial charge in [-0.25, -0.2) is 4.98 Å². The highest BCUT2D eigenvalue weighted by atomic mass is 16.2. The van der Waals surface area contributed by atoms with Crippen molar-refractivity contribution in [1.29, 1.82) is 0 Å². The van der Waals surface area contributed by atoms with E-state index in [9.17, 15) is 14.4 Å². The molecule has 7 nitrogen and oxygen atoms in total. The number of hydrogen-bond acceptors (Lipinski definition) is 4. The maximum absolute atomic E-state index is 13.1. The average molecular weight is 366 g/mol. The van der Waals surface area contributed by atoms with Crippen molar-refractivity contribution in [2.75, 3.05) is 0 Å². The second-order valence-electron chi connectivity index (χ2n) is 7.33. The van der Waals surface area contributed by atoms with E-state index >= 15 is 0 Å². The zero-order valence-electron chi connectivity index (χ0n) is 15.2. The van der Waals surface area contributed by atoms with Crippen molar-refractivity contribution in [3.05, 3.63) is 52.2 Å². The van der Waals surface area contributed by atoms with E-state index in [1.165, 1.54) is 4.57 Å². The van der Waals surface area contributed by atoms with Gasteiger partial charge >= 0.3 is 0 Å². The summed E-state index contributed by atoms with van der Waals surface area (Å²) in [7, 11) is 0. The maximum Gasteiger partial charge on any atom is 0.262 e. The second-order valence-corrected chi connectivity index (χ2v) is 7.33. The molecule has 1 aromatic heterocycles. The molecule has 1 atom stereocenters. The highest BCUT2D eigenvalue weighted by Gasteiger charge is 2.30. The third-order valence-electron chi connectivity index (χ3n) is 5.19. The minimum Gasteiger partial charge on any atom is -0.352 e. The first-order chi connectivity index (χ1) is 12.9. The Morgan fingerprint density at radius 3 is 2.81 bits per heavy atom. The number of nitrogens with one attached hydrogen (secondary N) is 2. The van der Waals surface area contributed by atoms with Gasteiger partial charge in [0.05, 0.1) is 10.9 Å². The lowest BCUT2D eigenvalue weighted by Crippen LogP contribution is -2.41. The Bertz CT molecular complexity index is 1020. The summed E-state index contributed by atoms with van der Waals surface area (Å²) in [4.78, 5) is 41.8. The first-order valence-corrected chi connectivity index (χ1v) is 9.22. The number of carbonyl (C=O) groups excluding carboxylic acids is 2. The molecule has 4 rings (SSSR count). The molecule has 1 aromatic carbocycles. The molecule has 1 saturated heterocycles. The number of rotatable bonds is 4. The molecule has 2 fully saturated rings. The van der Waals surface area contributed by atoms with Gasteiger partial charge in [0, 0.05) is 18.2 Å². The smallest absolute Gasteiger partial charge is 0.262 e. The quantitative estimate of drug-likeness (QED) is 0.861. The molecular weight excluding hydrogens is 344 g/mol. The van der Waals surface area contributed by atoms with Crippen LogP contribution in [-0.4, -0.2) is 21.4 Å². The number of amides is 2. The van der Waals surface area contributed by atoms with Crippen LogP contribution in [0.25, 0.3) is 10.9 Å². The fraction of sp³-hybridized carbons (Fsp3) is 0.400. The molecule has 0 bridgehead atoms. The number of aromatic nitrogens is 2. The first kappa shape index (κ1) is 17.5. The van der Waals surface area contributed by atoms with Crippen LogP contribution in [0.2, 0.25) is 0 Å². The second kappa shape index (κ2) is 6.64. The summed E-state index contributed by atoms with van der Waals surface area (Å²) in [6.07, 6.45) is 3.06. The molecule has 0 radical (unpaired) electrons. The molecular formula is C20H22N4O3. The van der Waals surface area contributed by atoms with Crippen molar-refractivity contribution in [3.8, 4) is 0 Å². The van der Waals surface area contributed by atoms with Gasteiger partial charge in [-0.1, -0.05) is 12.6 Å². The Morgan fingerprint density at radius 1 is 1.33 bits per heavy atom. The van der Waals surface area contributed by atoms with Crippen molar-refractivity contribution in [2.45, 2.75) is 45.2 Å². The van der Waals surface area contributed by atoms with E-state index in [1.807, 2.05) is 6.07 Å². The lowest BCUT2D eigenvalue weighted by atomic mass is 10.0. The summed E-state index contributed by atoms with van der Waals surface area (Å²) in [6, 6.07) is 4.82. The van der Waals surface area contributed by atoms with E-state index in [1.54, 1.807) is 19.1 Å². The van der Waals surface area contributed by atoms with Gasteiger partial charge < -0.3 is 10.6 Å². The zero-order chi connectivity index (χ0) is 19.1. The average Bonchev–Trinajstić information content (AvgIpc) is 3.47. The van der Waals surface area contributed by atoms with Gasteiger partial charge in [0.1, 0.15) is 11.9 Å². The van der Waals surface area contributed by atoms with Crippen molar-refractivity contribution < 1.29 is 9.59 Å². The highest BCUT2D eigenvalue weighted by molar-refractivity contribution is 5.84. The summed E-state index contributed by atoms with van der Waals surface area (Å²) >= 11 is 0. The number of allylic oxidation sites excluding steroid dienone is 1. The van der Waals surface area contributed by atoms with Crippen LogP contribution in [-0.2, 0) is 16.1 Å². The van der Waals surface area contributed by atoms with Crippen LogP contribution >= 0.6 is 0 Å². The van der Waals surface area contributed by atoms with Crippen LogP contribution in [0.3, 0.4) is 0 Å². The Kier molecular flexibility index (Phi) is 4.30. The number of nitrogens with zero attached hydrogens (tertiary/aromatic N) is 2. The number of hydrogen-bond donors (Lipinski definition) is 2.